The normalized spacial score (nSPS) is 10.5. The Morgan fingerprint density at radius 1 is 1.14 bits per heavy atom. The van der Waals surface area contributed by atoms with Gasteiger partial charge in [-0.1, -0.05) is 12.1 Å². The van der Waals surface area contributed by atoms with Gasteiger partial charge in [-0.25, -0.2) is 9.18 Å². The predicted octanol–water partition coefficient (Wildman–Crippen LogP) is 3.86. The van der Waals surface area contributed by atoms with Gasteiger partial charge in [0, 0.05) is 17.6 Å². The highest BCUT2D eigenvalue weighted by molar-refractivity contribution is 5.91. The molecule has 2 aromatic carbocycles. The van der Waals surface area contributed by atoms with Crippen LogP contribution in [0.2, 0.25) is 0 Å². The maximum Gasteiger partial charge on any atom is 0.342 e. The van der Waals surface area contributed by atoms with Crippen LogP contribution in [0.25, 0.3) is 10.9 Å². The van der Waals surface area contributed by atoms with Gasteiger partial charge in [0.25, 0.3) is 0 Å². The zero-order valence-electron chi connectivity index (χ0n) is 10.8. The molecule has 0 fully saturated rings. The van der Waals surface area contributed by atoms with E-state index in [4.69, 9.17) is 9.84 Å². The number of pyridine rings is 1. The van der Waals surface area contributed by atoms with Gasteiger partial charge in [0.15, 0.2) is 0 Å². The highest BCUT2D eigenvalue weighted by Crippen LogP contribution is 2.28. The Labute approximate surface area is 119 Å². The van der Waals surface area contributed by atoms with Crippen LogP contribution in [0, 0.1) is 5.82 Å². The van der Waals surface area contributed by atoms with E-state index in [0.29, 0.717) is 11.3 Å². The molecule has 0 saturated carbocycles. The summed E-state index contributed by atoms with van der Waals surface area (Å²) in [5, 5.41) is 10.00. The first-order valence-corrected chi connectivity index (χ1v) is 6.19. The van der Waals surface area contributed by atoms with Gasteiger partial charge < -0.3 is 9.84 Å². The number of carboxylic acids is 1. The Kier molecular flexibility index (Phi) is 3.23. The minimum Gasteiger partial charge on any atom is -0.477 e. The molecule has 1 aromatic heterocycles. The smallest absolute Gasteiger partial charge is 0.342 e. The van der Waals surface area contributed by atoms with Crippen LogP contribution < -0.4 is 4.74 Å². The van der Waals surface area contributed by atoms with Crippen LogP contribution in [0.5, 0.6) is 11.5 Å². The number of aromatic nitrogens is 1. The van der Waals surface area contributed by atoms with Crippen molar-refractivity contribution >= 4 is 16.9 Å². The lowest BCUT2D eigenvalue weighted by atomic mass is 10.2. The van der Waals surface area contributed by atoms with Crippen molar-refractivity contribution < 1.29 is 19.0 Å². The topological polar surface area (TPSA) is 59.4 Å². The van der Waals surface area contributed by atoms with E-state index in [1.807, 2.05) is 12.1 Å². The second kappa shape index (κ2) is 5.20. The predicted molar refractivity (Wildman–Crippen MR) is 75.2 cm³/mol. The minimum atomic E-state index is -1.37. The van der Waals surface area contributed by atoms with Gasteiger partial charge in [0.05, 0.1) is 5.52 Å². The summed E-state index contributed by atoms with van der Waals surface area (Å²) in [6, 6.07) is 12.8. The molecule has 1 N–H and O–H groups in total. The average Bonchev–Trinajstić information content (AvgIpc) is 2.47. The number of rotatable bonds is 3. The van der Waals surface area contributed by atoms with Gasteiger partial charge >= 0.3 is 5.97 Å². The van der Waals surface area contributed by atoms with Gasteiger partial charge in [-0.05, 0) is 30.3 Å². The van der Waals surface area contributed by atoms with E-state index in [-0.39, 0.29) is 5.75 Å². The van der Waals surface area contributed by atoms with Gasteiger partial charge in [-0.15, -0.1) is 0 Å². The van der Waals surface area contributed by atoms with E-state index in [0.717, 1.165) is 11.5 Å². The number of carbonyl (C=O) groups is 1. The molecule has 0 aliphatic heterocycles. The molecule has 0 amide bonds. The van der Waals surface area contributed by atoms with Gasteiger partial charge in [-0.3, -0.25) is 4.98 Å². The molecule has 0 spiro atoms. The van der Waals surface area contributed by atoms with Crippen LogP contribution in [-0.4, -0.2) is 16.1 Å². The van der Waals surface area contributed by atoms with E-state index in [2.05, 4.69) is 4.98 Å². The van der Waals surface area contributed by atoms with Crippen LogP contribution in [0.15, 0.2) is 54.7 Å². The standard InChI is InChI=1S/C16H10FNO3/c17-12-4-1-5-14(15(12)16(19)20)21-11-7-6-10-3-2-8-18-13(10)9-11/h1-9H,(H,19,20). The first-order valence-electron chi connectivity index (χ1n) is 6.19. The molecule has 21 heavy (non-hydrogen) atoms. The highest BCUT2D eigenvalue weighted by atomic mass is 19.1. The van der Waals surface area contributed by atoms with E-state index in [1.165, 1.54) is 12.1 Å². The molecule has 3 rings (SSSR count). The summed E-state index contributed by atoms with van der Waals surface area (Å²) >= 11 is 0. The molecule has 0 unspecified atom stereocenters. The molecular weight excluding hydrogens is 273 g/mol. The molecule has 0 aliphatic carbocycles. The second-order valence-corrected chi connectivity index (χ2v) is 4.38. The van der Waals surface area contributed by atoms with Crippen molar-refractivity contribution in [2.75, 3.05) is 0 Å². The van der Waals surface area contributed by atoms with Crippen molar-refractivity contribution in [2.45, 2.75) is 0 Å². The molecule has 1 heterocycles. The fourth-order valence-electron chi connectivity index (χ4n) is 2.03. The number of ether oxygens (including phenoxy) is 1. The number of benzene rings is 2. The largest absolute Gasteiger partial charge is 0.477 e. The van der Waals surface area contributed by atoms with Crippen molar-refractivity contribution in [2.24, 2.45) is 0 Å². The first-order chi connectivity index (χ1) is 10.1. The zero-order valence-corrected chi connectivity index (χ0v) is 10.8. The summed E-state index contributed by atoms with van der Waals surface area (Å²) in [4.78, 5) is 15.3. The van der Waals surface area contributed by atoms with Crippen molar-refractivity contribution in [1.29, 1.82) is 0 Å². The van der Waals surface area contributed by atoms with Crippen molar-refractivity contribution in [1.82, 2.24) is 4.98 Å². The van der Waals surface area contributed by atoms with E-state index in [9.17, 15) is 9.18 Å². The summed E-state index contributed by atoms with van der Waals surface area (Å²) in [5.74, 6) is -1.85. The molecular formula is C16H10FNO3. The third-order valence-electron chi connectivity index (χ3n) is 2.99. The van der Waals surface area contributed by atoms with Crippen LogP contribution in [0.4, 0.5) is 4.39 Å². The monoisotopic (exact) mass is 283 g/mol. The minimum absolute atomic E-state index is 0.0437. The molecule has 0 bridgehead atoms. The number of hydrogen-bond acceptors (Lipinski definition) is 3. The Bertz CT molecular complexity index is 833. The van der Waals surface area contributed by atoms with E-state index < -0.39 is 17.3 Å². The Morgan fingerprint density at radius 2 is 2.00 bits per heavy atom. The van der Waals surface area contributed by atoms with Crippen molar-refractivity contribution in [3.8, 4) is 11.5 Å². The van der Waals surface area contributed by atoms with Crippen LogP contribution in [-0.2, 0) is 0 Å². The third kappa shape index (κ3) is 2.53. The number of aromatic carboxylic acids is 1. The van der Waals surface area contributed by atoms with Gasteiger partial charge in [0.2, 0.25) is 0 Å². The second-order valence-electron chi connectivity index (χ2n) is 4.38. The van der Waals surface area contributed by atoms with E-state index >= 15 is 0 Å². The Balaban J connectivity index is 2.02. The Morgan fingerprint density at radius 3 is 2.81 bits per heavy atom. The Hall–Kier alpha value is -2.95. The maximum atomic E-state index is 13.6. The van der Waals surface area contributed by atoms with Gasteiger partial charge in [-0.2, -0.15) is 0 Å². The fourth-order valence-corrected chi connectivity index (χ4v) is 2.03. The molecule has 104 valence electrons. The van der Waals surface area contributed by atoms with E-state index in [1.54, 1.807) is 24.4 Å². The molecule has 0 radical (unpaired) electrons. The highest BCUT2D eigenvalue weighted by Gasteiger charge is 2.17. The number of halogens is 1. The maximum absolute atomic E-state index is 13.6. The number of carboxylic acid groups (broad SMARTS) is 1. The summed E-state index contributed by atoms with van der Waals surface area (Å²) < 4.78 is 19.1. The average molecular weight is 283 g/mol. The number of hydrogen-bond donors (Lipinski definition) is 1. The lowest BCUT2D eigenvalue weighted by Crippen LogP contribution is -2.03. The third-order valence-corrected chi connectivity index (χ3v) is 2.99. The number of fused-ring (bicyclic) bond motifs is 1. The SMILES string of the molecule is O=C(O)c1c(F)cccc1Oc1ccc2cccnc2c1. The molecule has 3 aromatic rings. The number of nitrogens with zero attached hydrogens (tertiary/aromatic N) is 1. The summed E-state index contributed by atoms with van der Waals surface area (Å²) in [6.45, 7) is 0. The van der Waals surface area contributed by atoms with Crippen LogP contribution >= 0.6 is 0 Å². The molecule has 0 saturated heterocycles. The van der Waals surface area contributed by atoms with Crippen molar-refractivity contribution in [3.05, 3.63) is 66.1 Å². The lowest BCUT2D eigenvalue weighted by molar-refractivity contribution is 0.0689. The molecule has 4 nitrogen and oxygen atoms in total. The van der Waals surface area contributed by atoms with Gasteiger partial charge in [0.1, 0.15) is 22.9 Å². The molecule has 0 atom stereocenters. The zero-order chi connectivity index (χ0) is 14.8. The summed E-state index contributed by atoms with van der Waals surface area (Å²) in [6.07, 6.45) is 1.65. The van der Waals surface area contributed by atoms with Crippen LogP contribution in [0.3, 0.4) is 0 Å². The molecule has 5 heteroatoms. The summed E-state index contributed by atoms with van der Waals surface area (Å²) in [7, 11) is 0. The lowest BCUT2D eigenvalue weighted by Gasteiger charge is -2.09. The van der Waals surface area contributed by atoms with Crippen LogP contribution in [0.1, 0.15) is 10.4 Å². The molecule has 0 aliphatic rings. The van der Waals surface area contributed by atoms with Crippen molar-refractivity contribution in [3.63, 3.8) is 0 Å². The quantitative estimate of drug-likeness (QED) is 0.792. The first kappa shape index (κ1) is 13.1. The summed E-state index contributed by atoms with van der Waals surface area (Å²) in [5.41, 5.74) is 0.224. The fraction of sp³-hybridized carbons (Fsp3) is 0.